The number of aryl methyl sites for hydroxylation is 1. The van der Waals surface area contributed by atoms with Crippen molar-refractivity contribution in [3.8, 4) is 5.75 Å². The zero-order chi connectivity index (χ0) is 20.0. The Hall–Kier alpha value is -3.16. The van der Waals surface area contributed by atoms with Crippen LogP contribution in [0.4, 0.5) is 0 Å². The van der Waals surface area contributed by atoms with Crippen LogP contribution in [0.5, 0.6) is 5.75 Å². The van der Waals surface area contributed by atoms with Crippen LogP contribution in [0.3, 0.4) is 0 Å². The number of carboxylic acid groups (broad SMARTS) is 1. The van der Waals surface area contributed by atoms with E-state index < -0.39 is 24.0 Å². The maximum absolute atomic E-state index is 12.7. The van der Waals surface area contributed by atoms with Crippen molar-refractivity contribution in [3.63, 3.8) is 0 Å². The fourth-order valence-electron chi connectivity index (χ4n) is 2.79. The van der Waals surface area contributed by atoms with Crippen LogP contribution in [0.1, 0.15) is 54.0 Å². The van der Waals surface area contributed by atoms with Crippen LogP contribution in [-0.2, 0) is 17.6 Å². The molecule has 3 N–H and O–H groups in total. The van der Waals surface area contributed by atoms with Crippen LogP contribution >= 0.6 is 0 Å². The summed E-state index contributed by atoms with van der Waals surface area (Å²) in [5, 5.41) is 17.9. The predicted octanol–water partition coefficient (Wildman–Crippen LogP) is 1.85. The van der Waals surface area contributed by atoms with E-state index in [0.29, 0.717) is 29.8 Å². The Kier molecular flexibility index (Phi) is 6.70. The van der Waals surface area contributed by atoms with Crippen LogP contribution in [0.25, 0.3) is 0 Å². The van der Waals surface area contributed by atoms with E-state index in [1.807, 2.05) is 13.8 Å². The second-order valence-electron chi connectivity index (χ2n) is 6.01. The fourth-order valence-corrected chi connectivity index (χ4v) is 2.79. The Morgan fingerprint density at radius 3 is 2.44 bits per heavy atom. The van der Waals surface area contributed by atoms with Gasteiger partial charge in [-0.2, -0.15) is 5.10 Å². The molecule has 0 saturated heterocycles. The van der Waals surface area contributed by atoms with E-state index in [1.165, 1.54) is 0 Å². The number of aromatic nitrogens is 2. The number of nitrogens with zero attached hydrogens (tertiary/aromatic N) is 1. The highest BCUT2D eigenvalue weighted by Crippen LogP contribution is 2.18. The number of carbonyl (C=O) groups excluding carboxylic acids is 1. The largest absolute Gasteiger partial charge is 0.482 e. The Balaban J connectivity index is 2.16. The first-order valence-electron chi connectivity index (χ1n) is 8.73. The lowest BCUT2D eigenvalue weighted by molar-refractivity contribution is -0.139. The molecule has 1 amide bonds. The van der Waals surface area contributed by atoms with Crippen molar-refractivity contribution < 1.29 is 19.4 Å². The van der Waals surface area contributed by atoms with Gasteiger partial charge in [-0.15, -0.1) is 0 Å². The molecule has 1 heterocycles. The van der Waals surface area contributed by atoms with E-state index in [4.69, 9.17) is 9.84 Å². The summed E-state index contributed by atoms with van der Waals surface area (Å²) in [4.78, 5) is 35.4. The molecule has 144 valence electrons. The van der Waals surface area contributed by atoms with Crippen LogP contribution < -0.4 is 15.6 Å². The van der Waals surface area contributed by atoms with Gasteiger partial charge in [0.05, 0.1) is 11.7 Å². The highest BCUT2D eigenvalue weighted by molar-refractivity contribution is 5.95. The number of hydrogen-bond acceptors (Lipinski definition) is 5. The lowest BCUT2D eigenvalue weighted by Gasteiger charge is -2.16. The van der Waals surface area contributed by atoms with Crippen molar-refractivity contribution in [2.75, 3.05) is 6.61 Å². The summed E-state index contributed by atoms with van der Waals surface area (Å²) in [5.74, 6) is -1.09. The summed E-state index contributed by atoms with van der Waals surface area (Å²) >= 11 is 0. The third-order valence-corrected chi connectivity index (χ3v) is 4.18. The first kappa shape index (κ1) is 20.2. The van der Waals surface area contributed by atoms with Crippen molar-refractivity contribution in [2.24, 2.45) is 0 Å². The zero-order valence-electron chi connectivity index (χ0n) is 15.5. The summed E-state index contributed by atoms with van der Waals surface area (Å²) < 4.78 is 5.08. The topological polar surface area (TPSA) is 121 Å². The lowest BCUT2D eigenvalue weighted by atomic mass is 10.0. The summed E-state index contributed by atoms with van der Waals surface area (Å²) in [5.41, 5.74) is 1.74. The molecule has 0 bridgehead atoms. The molecule has 1 aromatic carbocycles. The number of hydrogen-bond donors (Lipinski definition) is 3. The molecule has 0 fully saturated rings. The summed E-state index contributed by atoms with van der Waals surface area (Å²) in [6.07, 6.45) is 1.15. The number of aromatic amines is 1. The Bertz CT molecular complexity index is 874. The molecule has 8 heteroatoms. The molecule has 1 aromatic heterocycles. The quantitative estimate of drug-likeness (QED) is 0.649. The third-order valence-electron chi connectivity index (χ3n) is 4.18. The van der Waals surface area contributed by atoms with E-state index in [1.54, 1.807) is 31.2 Å². The average molecular weight is 373 g/mol. The molecule has 27 heavy (non-hydrogen) atoms. The van der Waals surface area contributed by atoms with E-state index in [2.05, 4.69) is 15.5 Å². The third kappa shape index (κ3) is 4.93. The molecule has 0 aliphatic carbocycles. The minimum Gasteiger partial charge on any atom is -0.482 e. The molecule has 0 aliphatic rings. The maximum Gasteiger partial charge on any atom is 0.341 e. The Morgan fingerprint density at radius 2 is 1.89 bits per heavy atom. The number of carbonyl (C=O) groups is 2. The van der Waals surface area contributed by atoms with Gasteiger partial charge < -0.3 is 15.2 Å². The predicted molar refractivity (Wildman–Crippen MR) is 99.1 cm³/mol. The van der Waals surface area contributed by atoms with E-state index in [9.17, 15) is 14.4 Å². The molecular weight excluding hydrogens is 350 g/mol. The zero-order valence-corrected chi connectivity index (χ0v) is 15.5. The number of aliphatic carboxylic acids is 1. The highest BCUT2D eigenvalue weighted by Gasteiger charge is 2.20. The first-order valence-corrected chi connectivity index (χ1v) is 8.73. The van der Waals surface area contributed by atoms with Crippen LogP contribution in [-0.4, -0.2) is 33.8 Å². The monoisotopic (exact) mass is 373 g/mol. The Morgan fingerprint density at radius 1 is 1.22 bits per heavy atom. The van der Waals surface area contributed by atoms with Crippen molar-refractivity contribution in [1.29, 1.82) is 0 Å². The molecule has 2 aromatic rings. The number of ether oxygens (including phenoxy) is 1. The van der Waals surface area contributed by atoms with Gasteiger partial charge in [-0.25, -0.2) is 9.89 Å². The molecule has 0 radical (unpaired) electrons. The summed E-state index contributed by atoms with van der Waals surface area (Å²) in [6, 6.07) is 6.38. The fraction of sp³-hybridized carbons (Fsp3) is 0.368. The number of nitrogens with one attached hydrogen (secondary N) is 2. The van der Waals surface area contributed by atoms with Crippen LogP contribution in [0.15, 0.2) is 29.1 Å². The van der Waals surface area contributed by atoms with Crippen LogP contribution in [0, 0.1) is 0 Å². The van der Waals surface area contributed by atoms with E-state index in [-0.39, 0.29) is 11.6 Å². The molecular formula is C19H23N3O5. The molecule has 1 atom stereocenters. The number of rotatable bonds is 8. The van der Waals surface area contributed by atoms with Gasteiger partial charge in [-0.3, -0.25) is 9.59 Å². The molecule has 0 spiro atoms. The minimum atomic E-state index is -1.06. The minimum absolute atomic E-state index is 0.0950. The second kappa shape index (κ2) is 8.98. The molecule has 0 aliphatic heterocycles. The molecule has 2 rings (SSSR count). The van der Waals surface area contributed by atoms with Crippen LogP contribution in [0.2, 0.25) is 0 Å². The van der Waals surface area contributed by atoms with Crippen molar-refractivity contribution in [3.05, 3.63) is 57.0 Å². The summed E-state index contributed by atoms with van der Waals surface area (Å²) in [6.45, 7) is 5.17. The lowest BCUT2D eigenvalue weighted by Crippen LogP contribution is -2.34. The smallest absolute Gasteiger partial charge is 0.341 e. The molecule has 0 saturated carbocycles. The number of H-pyrrole nitrogens is 1. The standard InChI is InChI=1S/C19H23N3O5/c1-4-14-15(5-2)21-22-19(26)17(14)18(25)20-11(3)12-6-8-13(9-7-12)27-10-16(23)24/h6-9,11H,4-5,10H2,1-3H3,(H,20,25)(H,22,26)(H,23,24). The average Bonchev–Trinajstić information content (AvgIpc) is 2.66. The van der Waals surface area contributed by atoms with Crippen molar-refractivity contribution >= 4 is 11.9 Å². The van der Waals surface area contributed by atoms with E-state index in [0.717, 1.165) is 5.56 Å². The maximum atomic E-state index is 12.7. The van der Waals surface area contributed by atoms with E-state index >= 15 is 0 Å². The van der Waals surface area contributed by atoms with Crippen molar-refractivity contribution in [2.45, 2.75) is 39.7 Å². The van der Waals surface area contributed by atoms with Crippen molar-refractivity contribution in [1.82, 2.24) is 15.5 Å². The number of carboxylic acids is 1. The number of amides is 1. The van der Waals surface area contributed by atoms with Gasteiger partial charge in [-0.1, -0.05) is 26.0 Å². The van der Waals surface area contributed by atoms with Gasteiger partial charge in [0.25, 0.3) is 11.5 Å². The van der Waals surface area contributed by atoms with Gasteiger partial charge in [0.15, 0.2) is 6.61 Å². The van der Waals surface area contributed by atoms with Gasteiger partial charge in [0.2, 0.25) is 0 Å². The second-order valence-corrected chi connectivity index (χ2v) is 6.01. The number of benzene rings is 1. The SMILES string of the molecule is CCc1n[nH]c(=O)c(C(=O)NC(C)c2ccc(OCC(=O)O)cc2)c1CC. The first-order chi connectivity index (χ1) is 12.9. The normalized spacial score (nSPS) is 11.7. The Labute approximate surface area is 156 Å². The summed E-state index contributed by atoms with van der Waals surface area (Å²) in [7, 11) is 0. The van der Waals surface area contributed by atoms with Gasteiger partial charge in [0, 0.05) is 0 Å². The molecule has 8 nitrogen and oxygen atoms in total. The molecule has 1 unspecified atom stereocenters. The van der Waals surface area contributed by atoms with Gasteiger partial charge >= 0.3 is 5.97 Å². The van der Waals surface area contributed by atoms with Gasteiger partial charge in [-0.05, 0) is 43.0 Å². The highest BCUT2D eigenvalue weighted by atomic mass is 16.5. The van der Waals surface area contributed by atoms with Gasteiger partial charge in [0.1, 0.15) is 11.3 Å².